The van der Waals surface area contributed by atoms with Crippen molar-refractivity contribution in [2.45, 2.75) is 0 Å². The Morgan fingerprint density at radius 1 is 1.50 bits per heavy atom. The van der Waals surface area contributed by atoms with E-state index in [1.165, 1.54) is 0 Å². The second-order valence-corrected chi connectivity index (χ2v) is 2.42. The van der Waals surface area contributed by atoms with Gasteiger partial charge in [0.05, 0.1) is 18.2 Å². The second-order valence-electron chi connectivity index (χ2n) is 2.42. The minimum absolute atomic E-state index is 0.470. The molecule has 2 aromatic rings. The molecule has 0 spiro atoms. The van der Waals surface area contributed by atoms with Crippen LogP contribution in [0, 0.1) is 0 Å². The van der Waals surface area contributed by atoms with Crippen LogP contribution in [-0.2, 0) is 0 Å². The van der Waals surface area contributed by atoms with E-state index in [1.54, 1.807) is 13.2 Å². The maximum atomic E-state index is 5.63. The number of hydrogen-bond donors (Lipinski definition) is 1. The molecule has 0 aliphatic heterocycles. The van der Waals surface area contributed by atoms with Gasteiger partial charge in [-0.25, -0.2) is 0 Å². The molecule has 2 N–H and O–H groups in total. The predicted octanol–water partition coefficient (Wildman–Crippen LogP) is 1.42. The van der Waals surface area contributed by atoms with Crippen molar-refractivity contribution in [2.75, 3.05) is 12.8 Å². The minimum atomic E-state index is 0.470. The number of rotatable bonds is 1. The third-order valence-corrected chi connectivity index (χ3v) is 1.69. The molecule has 0 radical (unpaired) electrons. The van der Waals surface area contributed by atoms with Crippen LogP contribution in [0.25, 0.3) is 11.0 Å². The lowest BCUT2D eigenvalue weighted by Crippen LogP contribution is -1.84. The summed E-state index contributed by atoms with van der Waals surface area (Å²) in [5.41, 5.74) is 6.79. The molecule has 4 nitrogen and oxygen atoms in total. The third-order valence-electron chi connectivity index (χ3n) is 1.69. The molecule has 1 aromatic heterocycles. The molecule has 0 amide bonds. The van der Waals surface area contributed by atoms with Crippen LogP contribution in [0.5, 0.6) is 5.88 Å². The van der Waals surface area contributed by atoms with E-state index in [4.69, 9.17) is 15.0 Å². The first-order valence-corrected chi connectivity index (χ1v) is 3.51. The lowest BCUT2D eigenvalue weighted by atomic mass is 10.2. The molecular weight excluding hydrogens is 156 g/mol. The van der Waals surface area contributed by atoms with Gasteiger partial charge in [0, 0.05) is 0 Å². The van der Waals surface area contributed by atoms with Crippen LogP contribution in [-0.4, -0.2) is 12.3 Å². The number of aromatic nitrogens is 1. The van der Waals surface area contributed by atoms with Crippen LogP contribution in [0.1, 0.15) is 0 Å². The fourth-order valence-corrected chi connectivity index (χ4v) is 1.11. The van der Waals surface area contributed by atoms with E-state index in [2.05, 4.69) is 5.16 Å². The largest absolute Gasteiger partial charge is 0.478 e. The Hall–Kier alpha value is -1.71. The van der Waals surface area contributed by atoms with E-state index in [-0.39, 0.29) is 0 Å². The van der Waals surface area contributed by atoms with Gasteiger partial charge in [0.1, 0.15) is 0 Å². The number of methoxy groups -OCH3 is 1. The van der Waals surface area contributed by atoms with E-state index < -0.39 is 0 Å². The van der Waals surface area contributed by atoms with Gasteiger partial charge in [0.25, 0.3) is 5.88 Å². The highest BCUT2D eigenvalue weighted by molar-refractivity contribution is 5.90. The number of benzene rings is 1. The van der Waals surface area contributed by atoms with Crippen molar-refractivity contribution in [1.82, 2.24) is 5.16 Å². The summed E-state index contributed by atoms with van der Waals surface area (Å²) in [4.78, 5) is 0. The molecule has 0 bridgehead atoms. The van der Waals surface area contributed by atoms with Crippen molar-refractivity contribution in [3.05, 3.63) is 18.2 Å². The fourth-order valence-electron chi connectivity index (χ4n) is 1.11. The highest BCUT2D eigenvalue weighted by Gasteiger charge is 2.09. The van der Waals surface area contributed by atoms with E-state index >= 15 is 0 Å². The number of fused-ring (bicyclic) bond motifs is 1. The summed E-state index contributed by atoms with van der Waals surface area (Å²) in [6.07, 6.45) is 0. The van der Waals surface area contributed by atoms with Gasteiger partial charge in [0.2, 0.25) is 0 Å². The number of ether oxygens (including phenoxy) is 1. The summed E-state index contributed by atoms with van der Waals surface area (Å²) in [6.45, 7) is 0. The summed E-state index contributed by atoms with van der Waals surface area (Å²) in [5.74, 6) is 0.470. The van der Waals surface area contributed by atoms with Gasteiger partial charge in [-0.1, -0.05) is 6.07 Å². The van der Waals surface area contributed by atoms with Crippen LogP contribution in [0.2, 0.25) is 0 Å². The Morgan fingerprint density at radius 3 is 3.08 bits per heavy atom. The van der Waals surface area contributed by atoms with Gasteiger partial charge in [-0.2, -0.15) is 0 Å². The zero-order valence-electron chi connectivity index (χ0n) is 6.57. The van der Waals surface area contributed by atoms with Gasteiger partial charge in [0.15, 0.2) is 5.58 Å². The highest BCUT2D eigenvalue weighted by Crippen LogP contribution is 2.27. The maximum Gasteiger partial charge on any atom is 0.261 e. The second kappa shape index (κ2) is 2.41. The van der Waals surface area contributed by atoms with Crippen LogP contribution in [0.4, 0.5) is 5.69 Å². The summed E-state index contributed by atoms with van der Waals surface area (Å²) in [5, 5.41) is 4.50. The van der Waals surface area contributed by atoms with Crippen molar-refractivity contribution in [1.29, 1.82) is 0 Å². The van der Waals surface area contributed by atoms with Crippen LogP contribution in [0.15, 0.2) is 22.7 Å². The highest BCUT2D eigenvalue weighted by atomic mass is 16.5. The quantitative estimate of drug-likeness (QED) is 0.647. The fraction of sp³-hybridized carbons (Fsp3) is 0.125. The average molecular weight is 164 g/mol. The Morgan fingerprint density at radius 2 is 2.33 bits per heavy atom. The molecule has 0 atom stereocenters. The number of nitrogens with two attached hydrogens (primary N) is 1. The summed E-state index contributed by atoms with van der Waals surface area (Å²) in [7, 11) is 1.54. The molecular formula is C8H8N2O2. The Labute approximate surface area is 68.9 Å². The van der Waals surface area contributed by atoms with Gasteiger partial charge in [-0.05, 0) is 17.3 Å². The number of nitrogens with zero attached hydrogens (tertiary/aromatic N) is 1. The van der Waals surface area contributed by atoms with Crippen molar-refractivity contribution in [3.8, 4) is 5.88 Å². The lowest BCUT2D eigenvalue weighted by Gasteiger charge is -1.92. The Bertz CT molecular complexity index is 408. The first kappa shape index (κ1) is 6.97. The molecule has 0 saturated carbocycles. The van der Waals surface area contributed by atoms with Gasteiger partial charge in [-0.3, -0.25) is 0 Å². The molecule has 2 rings (SSSR count). The van der Waals surface area contributed by atoms with E-state index in [0.29, 0.717) is 17.2 Å². The minimum Gasteiger partial charge on any atom is -0.478 e. The van der Waals surface area contributed by atoms with E-state index in [9.17, 15) is 0 Å². The first-order valence-electron chi connectivity index (χ1n) is 3.51. The molecule has 0 aliphatic carbocycles. The molecule has 1 heterocycles. The molecule has 0 aliphatic rings. The molecule has 0 saturated heterocycles. The topological polar surface area (TPSA) is 61.3 Å². The number of nitrogen functional groups attached to an aromatic ring is 1. The zero-order chi connectivity index (χ0) is 8.55. The normalized spacial score (nSPS) is 10.4. The van der Waals surface area contributed by atoms with Crippen molar-refractivity contribution >= 4 is 16.7 Å². The van der Waals surface area contributed by atoms with Crippen molar-refractivity contribution in [2.24, 2.45) is 0 Å². The van der Waals surface area contributed by atoms with Gasteiger partial charge >= 0.3 is 0 Å². The van der Waals surface area contributed by atoms with Crippen LogP contribution >= 0.6 is 0 Å². The smallest absolute Gasteiger partial charge is 0.261 e. The molecule has 12 heavy (non-hydrogen) atoms. The van der Waals surface area contributed by atoms with Crippen molar-refractivity contribution < 1.29 is 9.26 Å². The SMILES string of the molecule is COc1noc2c(N)cccc12. The predicted molar refractivity (Wildman–Crippen MR) is 45.0 cm³/mol. The van der Waals surface area contributed by atoms with Crippen LogP contribution in [0.3, 0.4) is 0 Å². The Kier molecular flexibility index (Phi) is 1.40. The zero-order valence-corrected chi connectivity index (χ0v) is 6.57. The maximum absolute atomic E-state index is 5.63. The molecule has 4 heteroatoms. The van der Waals surface area contributed by atoms with E-state index in [0.717, 1.165) is 5.39 Å². The number of hydrogen-bond acceptors (Lipinski definition) is 4. The average Bonchev–Trinajstić information content (AvgIpc) is 2.49. The number of para-hydroxylation sites is 1. The molecule has 62 valence electrons. The monoisotopic (exact) mass is 164 g/mol. The summed E-state index contributed by atoms with van der Waals surface area (Å²) in [6, 6.07) is 5.44. The van der Waals surface area contributed by atoms with Crippen molar-refractivity contribution in [3.63, 3.8) is 0 Å². The third kappa shape index (κ3) is 0.812. The number of anilines is 1. The summed E-state index contributed by atoms with van der Waals surface area (Å²) >= 11 is 0. The standard InChI is InChI=1S/C8H8N2O2/c1-11-8-5-3-2-4-6(9)7(5)12-10-8/h2-4H,9H2,1H3. The van der Waals surface area contributed by atoms with Crippen LogP contribution < -0.4 is 10.5 Å². The van der Waals surface area contributed by atoms with Gasteiger partial charge < -0.3 is 15.0 Å². The summed E-state index contributed by atoms with van der Waals surface area (Å²) < 4.78 is 9.93. The van der Waals surface area contributed by atoms with E-state index in [1.807, 2.05) is 12.1 Å². The molecule has 1 aromatic carbocycles. The molecule has 0 unspecified atom stereocenters. The lowest BCUT2D eigenvalue weighted by molar-refractivity contribution is 0.350. The Balaban J connectivity index is 2.80. The first-order chi connectivity index (χ1) is 5.83. The van der Waals surface area contributed by atoms with Gasteiger partial charge in [-0.15, -0.1) is 0 Å². The molecule has 0 fully saturated rings.